The minimum Gasteiger partial charge on any atom is -0.492 e. The lowest BCUT2D eigenvalue weighted by molar-refractivity contribution is -0.385. The van der Waals surface area contributed by atoms with Gasteiger partial charge in [-0.3, -0.25) is 10.1 Å². The van der Waals surface area contributed by atoms with Crippen molar-refractivity contribution in [3.8, 4) is 5.75 Å². The fraction of sp³-hybridized carbons (Fsp3) is 0.200. The Bertz CT molecular complexity index is 379. The van der Waals surface area contributed by atoms with Gasteiger partial charge in [0.1, 0.15) is 10.2 Å². The molecule has 1 aromatic carbocycles. The van der Waals surface area contributed by atoms with Crippen molar-refractivity contribution in [1.82, 2.24) is 0 Å². The van der Waals surface area contributed by atoms with Crippen molar-refractivity contribution >= 4 is 21.6 Å². The smallest absolute Gasteiger partial charge is 0.287 e. The van der Waals surface area contributed by atoms with Crippen molar-refractivity contribution in [2.75, 3.05) is 6.61 Å². The molecule has 0 unspecified atom stereocenters. The quantitative estimate of drug-likeness (QED) is 0.357. The lowest BCUT2D eigenvalue weighted by Crippen LogP contribution is -1.98. The highest BCUT2D eigenvalue weighted by atomic mass is 79.9. The van der Waals surface area contributed by atoms with Crippen LogP contribution >= 0.6 is 15.9 Å². The normalized spacial score (nSPS) is 9.67. The van der Waals surface area contributed by atoms with Crippen LogP contribution in [0.25, 0.3) is 0 Å². The van der Waals surface area contributed by atoms with Gasteiger partial charge in [-0.1, -0.05) is 12.1 Å². The summed E-state index contributed by atoms with van der Waals surface area (Å²) in [5, 5.41) is 10.6. The zero-order chi connectivity index (χ0) is 11.3. The Morgan fingerprint density at radius 3 is 2.93 bits per heavy atom. The molecule has 0 aromatic heterocycles. The van der Waals surface area contributed by atoms with Gasteiger partial charge in [-0.2, -0.15) is 0 Å². The predicted molar refractivity (Wildman–Crippen MR) is 61.1 cm³/mol. The molecule has 0 bridgehead atoms. The summed E-state index contributed by atoms with van der Waals surface area (Å²) < 4.78 is 5.72. The van der Waals surface area contributed by atoms with Gasteiger partial charge in [-0.15, -0.1) is 6.58 Å². The van der Waals surface area contributed by atoms with Crippen LogP contribution in [0.2, 0.25) is 0 Å². The lowest BCUT2D eigenvalue weighted by Gasteiger charge is -2.06. The first-order valence-corrected chi connectivity index (χ1v) is 5.12. The van der Waals surface area contributed by atoms with Gasteiger partial charge in [-0.25, -0.2) is 0 Å². The molecule has 0 heterocycles. The number of hydrogen-bond donors (Lipinski definition) is 0. The van der Waals surface area contributed by atoms with Gasteiger partial charge in [-0.05, 0) is 28.4 Å². The largest absolute Gasteiger partial charge is 0.492 e. The summed E-state index contributed by atoms with van der Waals surface area (Å²) in [7, 11) is 0. The fourth-order valence-electron chi connectivity index (χ4n) is 1.00. The van der Waals surface area contributed by atoms with Crippen molar-refractivity contribution in [1.29, 1.82) is 0 Å². The molecule has 0 amide bonds. The monoisotopic (exact) mass is 271 g/mol. The first kappa shape index (κ1) is 11.7. The van der Waals surface area contributed by atoms with Crippen molar-refractivity contribution in [2.24, 2.45) is 0 Å². The molecule has 1 aromatic rings. The first-order chi connectivity index (χ1) is 7.16. The van der Waals surface area contributed by atoms with Gasteiger partial charge < -0.3 is 4.74 Å². The minimum absolute atomic E-state index is 0.00565. The third kappa shape index (κ3) is 3.06. The number of nitrogens with zero attached hydrogens (tertiary/aromatic N) is 1. The molecule has 0 saturated carbocycles. The standard InChI is InChI=1S/C10H10BrNO3/c1-2-3-7-15-9-6-4-5-8(10(9)11)12(13)14/h2,4-6H,1,3,7H2. The Labute approximate surface area is 95.8 Å². The number of ether oxygens (including phenoxy) is 1. The first-order valence-electron chi connectivity index (χ1n) is 4.33. The van der Waals surface area contributed by atoms with Crippen LogP contribution in [0.5, 0.6) is 5.75 Å². The number of nitro groups is 1. The van der Waals surface area contributed by atoms with Gasteiger partial charge in [0.25, 0.3) is 5.69 Å². The summed E-state index contributed by atoms with van der Waals surface area (Å²) in [4.78, 5) is 10.2. The van der Waals surface area contributed by atoms with E-state index in [0.717, 1.165) is 0 Å². The van der Waals surface area contributed by atoms with Gasteiger partial charge >= 0.3 is 0 Å². The highest BCUT2D eigenvalue weighted by Gasteiger charge is 2.15. The van der Waals surface area contributed by atoms with E-state index in [0.29, 0.717) is 23.2 Å². The van der Waals surface area contributed by atoms with Crippen molar-refractivity contribution in [3.63, 3.8) is 0 Å². The molecule has 0 N–H and O–H groups in total. The zero-order valence-electron chi connectivity index (χ0n) is 7.98. The fourth-order valence-corrected chi connectivity index (χ4v) is 1.53. The third-order valence-corrected chi connectivity index (χ3v) is 2.52. The second-order valence-electron chi connectivity index (χ2n) is 2.77. The van der Waals surface area contributed by atoms with E-state index in [2.05, 4.69) is 22.5 Å². The summed E-state index contributed by atoms with van der Waals surface area (Å²) >= 11 is 3.14. The van der Waals surface area contributed by atoms with Crippen LogP contribution in [-0.2, 0) is 0 Å². The Morgan fingerprint density at radius 1 is 1.60 bits per heavy atom. The van der Waals surface area contributed by atoms with Gasteiger partial charge in [0, 0.05) is 6.07 Å². The summed E-state index contributed by atoms with van der Waals surface area (Å²) in [6.07, 6.45) is 2.43. The van der Waals surface area contributed by atoms with E-state index in [1.807, 2.05) is 0 Å². The second kappa shape index (κ2) is 5.50. The van der Waals surface area contributed by atoms with E-state index in [4.69, 9.17) is 4.74 Å². The Kier molecular flexibility index (Phi) is 4.30. The average Bonchev–Trinajstić information content (AvgIpc) is 2.20. The Morgan fingerprint density at radius 2 is 2.33 bits per heavy atom. The van der Waals surface area contributed by atoms with E-state index in [9.17, 15) is 10.1 Å². The minimum atomic E-state index is -0.454. The molecular formula is C10H10BrNO3. The van der Waals surface area contributed by atoms with E-state index >= 15 is 0 Å². The maximum absolute atomic E-state index is 10.6. The molecule has 1 rings (SSSR count). The maximum atomic E-state index is 10.6. The number of rotatable bonds is 5. The van der Waals surface area contributed by atoms with Crippen LogP contribution in [0, 0.1) is 10.1 Å². The zero-order valence-corrected chi connectivity index (χ0v) is 9.57. The van der Waals surface area contributed by atoms with Crippen LogP contribution in [-0.4, -0.2) is 11.5 Å². The lowest BCUT2D eigenvalue weighted by atomic mass is 10.3. The molecule has 5 heteroatoms. The average molecular weight is 272 g/mol. The molecule has 4 nitrogen and oxygen atoms in total. The van der Waals surface area contributed by atoms with E-state index < -0.39 is 4.92 Å². The summed E-state index contributed by atoms with van der Waals surface area (Å²) in [5.74, 6) is 0.478. The molecule has 0 radical (unpaired) electrons. The van der Waals surface area contributed by atoms with Crippen molar-refractivity contribution < 1.29 is 9.66 Å². The maximum Gasteiger partial charge on any atom is 0.287 e. The number of benzene rings is 1. The predicted octanol–water partition coefficient (Wildman–Crippen LogP) is 3.31. The SMILES string of the molecule is C=CCCOc1cccc([N+](=O)[O-])c1Br. The van der Waals surface area contributed by atoms with E-state index in [-0.39, 0.29) is 5.69 Å². The molecular weight excluding hydrogens is 262 g/mol. The van der Waals surface area contributed by atoms with Crippen molar-refractivity contribution in [3.05, 3.63) is 45.4 Å². The number of hydrogen-bond acceptors (Lipinski definition) is 3. The van der Waals surface area contributed by atoms with Crippen molar-refractivity contribution in [2.45, 2.75) is 6.42 Å². The summed E-state index contributed by atoms with van der Waals surface area (Å²) in [5.41, 5.74) is 0.00565. The van der Waals surface area contributed by atoms with Crippen LogP contribution in [0.15, 0.2) is 35.3 Å². The van der Waals surface area contributed by atoms with Crippen LogP contribution < -0.4 is 4.74 Å². The molecule has 80 valence electrons. The topological polar surface area (TPSA) is 52.4 Å². The Hall–Kier alpha value is -1.36. The molecule has 0 spiro atoms. The second-order valence-corrected chi connectivity index (χ2v) is 3.57. The Balaban J connectivity index is 2.84. The molecule has 0 aliphatic rings. The summed E-state index contributed by atoms with van der Waals surface area (Å²) in [6.45, 7) is 4.02. The van der Waals surface area contributed by atoms with Crippen LogP contribution in [0.1, 0.15) is 6.42 Å². The molecule has 15 heavy (non-hydrogen) atoms. The molecule has 0 saturated heterocycles. The number of halogens is 1. The molecule has 0 fully saturated rings. The highest BCUT2D eigenvalue weighted by Crippen LogP contribution is 2.33. The molecule has 0 aliphatic carbocycles. The van der Waals surface area contributed by atoms with E-state index in [1.54, 1.807) is 18.2 Å². The van der Waals surface area contributed by atoms with Crippen LogP contribution in [0.3, 0.4) is 0 Å². The molecule has 0 aliphatic heterocycles. The number of nitro benzene ring substituents is 1. The summed E-state index contributed by atoms with van der Waals surface area (Å²) in [6, 6.07) is 4.69. The van der Waals surface area contributed by atoms with Gasteiger partial charge in [0.15, 0.2) is 0 Å². The van der Waals surface area contributed by atoms with Crippen LogP contribution in [0.4, 0.5) is 5.69 Å². The molecule has 0 atom stereocenters. The third-order valence-electron chi connectivity index (χ3n) is 1.72. The van der Waals surface area contributed by atoms with E-state index in [1.165, 1.54) is 6.07 Å². The highest BCUT2D eigenvalue weighted by molar-refractivity contribution is 9.10. The van der Waals surface area contributed by atoms with Gasteiger partial charge in [0.2, 0.25) is 0 Å². The van der Waals surface area contributed by atoms with Gasteiger partial charge in [0.05, 0.1) is 11.5 Å².